The topological polar surface area (TPSA) is 29.5 Å². The molecule has 0 aliphatic carbocycles. The lowest BCUT2D eigenvalue weighted by atomic mass is 10.1. The van der Waals surface area contributed by atoms with E-state index in [4.69, 9.17) is 16.3 Å². The lowest BCUT2D eigenvalue weighted by Crippen LogP contribution is -2.11. The van der Waals surface area contributed by atoms with E-state index < -0.39 is 11.9 Å². The van der Waals surface area contributed by atoms with Gasteiger partial charge in [0, 0.05) is 10.6 Å². The summed E-state index contributed by atoms with van der Waals surface area (Å²) >= 11 is 5.80. The molecule has 2 aromatic rings. The Bertz CT molecular complexity index is 531. The Hall–Kier alpha value is -1.58. The van der Waals surface area contributed by atoms with Crippen LogP contribution in [0.5, 0.6) is 5.75 Å². The van der Waals surface area contributed by atoms with Gasteiger partial charge in [0.05, 0.1) is 0 Å². The fourth-order valence-corrected chi connectivity index (χ4v) is 1.75. The van der Waals surface area contributed by atoms with E-state index in [0.29, 0.717) is 10.8 Å². The van der Waals surface area contributed by atoms with Crippen LogP contribution >= 0.6 is 11.6 Å². The van der Waals surface area contributed by atoms with Crippen LogP contribution in [0.4, 0.5) is 4.39 Å². The Morgan fingerprint density at radius 1 is 1.17 bits per heavy atom. The van der Waals surface area contributed by atoms with E-state index in [0.717, 1.165) is 0 Å². The van der Waals surface area contributed by atoms with Crippen molar-refractivity contribution < 1.29 is 14.2 Å². The molecule has 0 bridgehead atoms. The van der Waals surface area contributed by atoms with Gasteiger partial charge in [0.1, 0.15) is 24.3 Å². The van der Waals surface area contributed by atoms with E-state index >= 15 is 0 Å². The van der Waals surface area contributed by atoms with Gasteiger partial charge in [0.25, 0.3) is 0 Å². The summed E-state index contributed by atoms with van der Waals surface area (Å²) < 4.78 is 18.8. The van der Waals surface area contributed by atoms with Crippen LogP contribution in [0.2, 0.25) is 5.02 Å². The summed E-state index contributed by atoms with van der Waals surface area (Å²) in [5.41, 5.74) is 0.222. The van der Waals surface area contributed by atoms with Crippen LogP contribution in [0.15, 0.2) is 48.5 Å². The number of hydrogen-bond donors (Lipinski definition) is 1. The first-order valence-corrected chi connectivity index (χ1v) is 5.85. The molecule has 1 atom stereocenters. The fourth-order valence-electron chi connectivity index (χ4n) is 1.57. The lowest BCUT2D eigenvalue weighted by Gasteiger charge is -2.13. The minimum Gasteiger partial charge on any atom is -0.490 e. The molecule has 18 heavy (non-hydrogen) atoms. The van der Waals surface area contributed by atoms with E-state index in [9.17, 15) is 9.50 Å². The third kappa shape index (κ3) is 3.22. The van der Waals surface area contributed by atoms with E-state index in [1.807, 2.05) is 0 Å². The fraction of sp³-hybridized carbons (Fsp3) is 0.143. The number of aliphatic hydroxyl groups excluding tert-OH is 1. The van der Waals surface area contributed by atoms with Crippen molar-refractivity contribution >= 4 is 11.6 Å². The predicted octanol–water partition coefficient (Wildman–Crippen LogP) is 3.59. The van der Waals surface area contributed by atoms with Crippen molar-refractivity contribution in [2.24, 2.45) is 0 Å². The van der Waals surface area contributed by atoms with Crippen LogP contribution in [-0.4, -0.2) is 11.7 Å². The largest absolute Gasteiger partial charge is 0.490 e. The summed E-state index contributed by atoms with van der Waals surface area (Å²) in [7, 11) is 0. The summed E-state index contributed by atoms with van der Waals surface area (Å²) in [6.45, 7) is -0.0265. The molecular formula is C14H12ClFO2. The zero-order chi connectivity index (χ0) is 13.0. The first-order valence-electron chi connectivity index (χ1n) is 5.47. The molecule has 0 heterocycles. The number of hydrogen-bond acceptors (Lipinski definition) is 2. The Labute approximate surface area is 110 Å². The molecule has 94 valence electrons. The van der Waals surface area contributed by atoms with Gasteiger partial charge in [-0.1, -0.05) is 35.9 Å². The SMILES string of the molecule is OC(COc1cccc(Cl)c1)c1ccccc1F. The van der Waals surface area contributed by atoms with Crippen LogP contribution in [-0.2, 0) is 0 Å². The number of benzene rings is 2. The Balaban J connectivity index is 2.00. The van der Waals surface area contributed by atoms with Crippen molar-refractivity contribution in [2.45, 2.75) is 6.10 Å². The molecule has 0 radical (unpaired) electrons. The predicted molar refractivity (Wildman–Crippen MR) is 68.3 cm³/mol. The molecule has 4 heteroatoms. The highest BCUT2D eigenvalue weighted by Crippen LogP contribution is 2.21. The Kier molecular flexibility index (Phi) is 4.18. The van der Waals surface area contributed by atoms with E-state index in [2.05, 4.69) is 0 Å². The maximum Gasteiger partial charge on any atom is 0.129 e. The highest BCUT2D eigenvalue weighted by atomic mass is 35.5. The monoisotopic (exact) mass is 266 g/mol. The highest BCUT2D eigenvalue weighted by molar-refractivity contribution is 6.30. The minimum atomic E-state index is -1.01. The second-order valence-electron chi connectivity index (χ2n) is 3.81. The number of aliphatic hydroxyl groups is 1. The molecule has 2 rings (SSSR count). The van der Waals surface area contributed by atoms with Gasteiger partial charge in [-0.05, 0) is 24.3 Å². The molecule has 0 saturated heterocycles. The highest BCUT2D eigenvalue weighted by Gasteiger charge is 2.12. The van der Waals surface area contributed by atoms with Gasteiger partial charge in [0.15, 0.2) is 0 Å². The van der Waals surface area contributed by atoms with Crippen LogP contribution < -0.4 is 4.74 Å². The molecule has 0 saturated carbocycles. The van der Waals surface area contributed by atoms with E-state index in [-0.39, 0.29) is 12.2 Å². The molecule has 0 amide bonds. The van der Waals surface area contributed by atoms with E-state index in [1.165, 1.54) is 12.1 Å². The molecule has 2 aromatic carbocycles. The van der Waals surface area contributed by atoms with Crippen molar-refractivity contribution in [1.82, 2.24) is 0 Å². The summed E-state index contributed by atoms with van der Waals surface area (Å²) in [5, 5.41) is 10.4. The van der Waals surface area contributed by atoms with Crippen LogP contribution in [0, 0.1) is 5.82 Å². The second kappa shape index (κ2) is 5.85. The van der Waals surface area contributed by atoms with E-state index in [1.54, 1.807) is 36.4 Å². The average Bonchev–Trinajstić information content (AvgIpc) is 2.37. The molecular weight excluding hydrogens is 255 g/mol. The maximum absolute atomic E-state index is 13.4. The summed E-state index contributed by atoms with van der Waals surface area (Å²) in [4.78, 5) is 0. The maximum atomic E-state index is 13.4. The summed E-state index contributed by atoms with van der Waals surface area (Å²) in [5.74, 6) is 0.0950. The van der Waals surface area contributed by atoms with Crippen molar-refractivity contribution in [2.75, 3.05) is 6.61 Å². The summed E-state index contributed by atoms with van der Waals surface area (Å²) in [6.07, 6.45) is -1.01. The second-order valence-corrected chi connectivity index (χ2v) is 4.24. The average molecular weight is 267 g/mol. The zero-order valence-electron chi connectivity index (χ0n) is 9.51. The first kappa shape index (κ1) is 12.9. The quantitative estimate of drug-likeness (QED) is 0.916. The molecule has 0 aromatic heterocycles. The van der Waals surface area contributed by atoms with Gasteiger partial charge in [0.2, 0.25) is 0 Å². The van der Waals surface area contributed by atoms with Gasteiger partial charge in [-0.25, -0.2) is 4.39 Å². The Morgan fingerprint density at radius 2 is 1.94 bits per heavy atom. The van der Waals surface area contributed by atoms with Crippen LogP contribution in [0.25, 0.3) is 0 Å². The van der Waals surface area contributed by atoms with Crippen LogP contribution in [0.3, 0.4) is 0 Å². The molecule has 1 N–H and O–H groups in total. The summed E-state index contributed by atoms with van der Waals surface area (Å²) in [6, 6.07) is 12.9. The molecule has 0 fully saturated rings. The Morgan fingerprint density at radius 3 is 2.67 bits per heavy atom. The van der Waals surface area contributed by atoms with Crippen LogP contribution in [0.1, 0.15) is 11.7 Å². The van der Waals surface area contributed by atoms with Crippen molar-refractivity contribution in [3.63, 3.8) is 0 Å². The molecule has 0 aliphatic heterocycles. The lowest BCUT2D eigenvalue weighted by molar-refractivity contribution is 0.105. The molecule has 2 nitrogen and oxygen atoms in total. The van der Waals surface area contributed by atoms with Gasteiger partial charge in [-0.15, -0.1) is 0 Å². The van der Waals surface area contributed by atoms with Gasteiger partial charge >= 0.3 is 0 Å². The number of rotatable bonds is 4. The first-order chi connectivity index (χ1) is 8.66. The smallest absolute Gasteiger partial charge is 0.129 e. The third-order valence-corrected chi connectivity index (χ3v) is 2.70. The zero-order valence-corrected chi connectivity index (χ0v) is 10.3. The standard InChI is InChI=1S/C14H12ClFO2/c15-10-4-3-5-11(8-10)18-9-14(17)12-6-1-2-7-13(12)16/h1-8,14,17H,9H2. The van der Waals surface area contributed by atoms with Gasteiger partial charge in [-0.2, -0.15) is 0 Å². The minimum absolute atomic E-state index is 0.0265. The van der Waals surface area contributed by atoms with Crippen molar-refractivity contribution in [3.05, 3.63) is 64.9 Å². The normalized spacial score (nSPS) is 12.2. The number of ether oxygens (including phenoxy) is 1. The van der Waals surface area contributed by atoms with Crippen molar-refractivity contribution in [1.29, 1.82) is 0 Å². The van der Waals surface area contributed by atoms with Gasteiger partial charge in [-0.3, -0.25) is 0 Å². The number of halogens is 2. The third-order valence-electron chi connectivity index (χ3n) is 2.47. The molecule has 1 unspecified atom stereocenters. The van der Waals surface area contributed by atoms with Gasteiger partial charge < -0.3 is 9.84 Å². The molecule has 0 spiro atoms. The van der Waals surface area contributed by atoms with Crippen molar-refractivity contribution in [3.8, 4) is 5.75 Å². The molecule has 0 aliphatic rings.